The number of hydrogen-bond donors (Lipinski definition) is 1. The lowest BCUT2D eigenvalue weighted by atomic mass is 9.94. The Kier molecular flexibility index (Phi) is 5.30. The quantitative estimate of drug-likeness (QED) is 0.817. The highest BCUT2D eigenvalue weighted by atomic mass is 16.2. The van der Waals surface area contributed by atoms with E-state index in [0.717, 1.165) is 44.9 Å². The van der Waals surface area contributed by atoms with E-state index in [1.54, 1.807) is 0 Å². The van der Waals surface area contributed by atoms with Gasteiger partial charge in [0, 0.05) is 19.5 Å². The van der Waals surface area contributed by atoms with Crippen LogP contribution in [-0.2, 0) is 4.79 Å². The standard InChI is InChI=1S/C14H26N2O/c17-14(16-10-3-1-2-4-11-16)8-7-13-6-5-9-15-12-13/h13,15H,1-12H2/t13-/m1/s1. The number of piperidine rings is 1. The summed E-state index contributed by atoms with van der Waals surface area (Å²) in [6.07, 6.45) is 9.46. The van der Waals surface area contributed by atoms with Gasteiger partial charge < -0.3 is 10.2 Å². The van der Waals surface area contributed by atoms with E-state index < -0.39 is 0 Å². The number of rotatable bonds is 3. The third kappa shape index (κ3) is 4.30. The van der Waals surface area contributed by atoms with Crippen LogP contribution in [0.2, 0.25) is 0 Å². The van der Waals surface area contributed by atoms with E-state index in [4.69, 9.17) is 0 Å². The highest BCUT2D eigenvalue weighted by molar-refractivity contribution is 5.76. The van der Waals surface area contributed by atoms with Gasteiger partial charge in [-0.3, -0.25) is 4.79 Å². The Morgan fingerprint density at radius 1 is 1.12 bits per heavy atom. The first kappa shape index (κ1) is 12.9. The van der Waals surface area contributed by atoms with Crippen LogP contribution < -0.4 is 5.32 Å². The van der Waals surface area contributed by atoms with Crippen molar-refractivity contribution in [2.75, 3.05) is 26.2 Å². The topological polar surface area (TPSA) is 32.3 Å². The molecule has 2 rings (SSSR count). The normalized spacial score (nSPS) is 26.6. The molecule has 0 aromatic rings. The summed E-state index contributed by atoms with van der Waals surface area (Å²) in [5, 5.41) is 3.42. The summed E-state index contributed by atoms with van der Waals surface area (Å²) in [5.41, 5.74) is 0. The van der Waals surface area contributed by atoms with Gasteiger partial charge in [-0.15, -0.1) is 0 Å². The van der Waals surface area contributed by atoms with E-state index in [1.807, 2.05) is 0 Å². The second-order valence-electron chi connectivity index (χ2n) is 5.55. The average Bonchev–Trinajstić information content (AvgIpc) is 2.66. The molecule has 2 aliphatic heterocycles. The number of amides is 1. The molecule has 0 spiro atoms. The van der Waals surface area contributed by atoms with Crippen LogP contribution in [0.4, 0.5) is 0 Å². The molecule has 0 aromatic heterocycles. The Bertz CT molecular complexity index is 228. The maximum atomic E-state index is 12.1. The first-order valence-corrected chi connectivity index (χ1v) is 7.35. The van der Waals surface area contributed by atoms with E-state index in [-0.39, 0.29) is 0 Å². The fourth-order valence-electron chi connectivity index (χ4n) is 2.98. The summed E-state index contributed by atoms with van der Waals surface area (Å²) in [6, 6.07) is 0. The zero-order valence-electron chi connectivity index (χ0n) is 10.9. The zero-order chi connectivity index (χ0) is 11.9. The molecule has 0 unspecified atom stereocenters. The molecule has 3 nitrogen and oxygen atoms in total. The van der Waals surface area contributed by atoms with E-state index in [0.29, 0.717) is 5.91 Å². The van der Waals surface area contributed by atoms with Crippen LogP contribution in [0.1, 0.15) is 51.4 Å². The molecule has 1 atom stereocenters. The minimum Gasteiger partial charge on any atom is -0.343 e. The maximum absolute atomic E-state index is 12.1. The Hall–Kier alpha value is -0.570. The van der Waals surface area contributed by atoms with E-state index in [9.17, 15) is 4.79 Å². The van der Waals surface area contributed by atoms with E-state index in [2.05, 4.69) is 10.2 Å². The van der Waals surface area contributed by atoms with Gasteiger partial charge in [0.25, 0.3) is 0 Å². The number of carbonyl (C=O) groups excluding carboxylic acids is 1. The van der Waals surface area contributed by atoms with Crippen molar-refractivity contribution in [1.29, 1.82) is 0 Å². The van der Waals surface area contributed by atoms with E-state index in [1.165, 1.54) is 38.5 Å². The molecule has 17 heavy (non-hydrogen) atoms. The van der Waals surface area contributed by atoms with Crippen LogP contribution in [-0.4, -0.2) is 37.0 Å². The van der Waals surface area contributed by atoms with Crippen LogP contribution in [0.5, 0.6) is 0 Å². The second-order valence-corrected chi connectivity index (χ2v) is 5.55. The highest BCUT2D eigenvalue weighted by Crippen LogP contribution is 2.18. The van der Waals surface area contributed by atoms with Crippen LogP contribution >= 0.6 is 0 Å². The Morgan fingerprint density at radius 2 is 1.88 bits per heavy atom. The lowest BCUT2D eigenvalue weighted by Gasteiger charge is -2.24. The van der Waals surface area contributed by atoms with Gasteiger partial charge in [-0.2, -0.15) is 0 Å². The first-order valence-electron chi connectivity index (χ1n) is 7.35. The van der Waals surface area contributed by atoms with Gasteiger partial charge in [0.05, 0.1) is 0 Å². The fraction of sp³-hybridized carbons (Fsp3) is 0.929. The Morgan fingerprint density at radius 3 is 2.53 bits per heavy atom. The number of nitrogens with zero attached hydrogens (tertiary/aromatic N) is 1. The van der Waals surface area contributed by atoms with Gasteiger partial charge in [-0.1, -0.05) is 12.8 Å². The molecule has 0 saturated carbocycles. The molecule has 2 saturated heterocycles. The summed E-state index contributed by atoms with van der Waals surface area (Å²) in [5.74, 6) is 1.14. The summed E-state index contributed by atoms with van der Waals surface area (Å²) >= 11 is 0. The maximum Gasteiger partial charge on any atom is 0.222 e. The molecule has 0 aromatic carbocycles. The van der Waals surface area contributed by atoms with Crippen molar-refractivity contribution in [1.82, 2.24) is 10.2 Å². The lowest BCUT2D eigenvalue weighted by molar-refractivity contribution is -0.131. The molecule has 2 fully saturated rings. The van der Waals surface area contributed by atoms with Crippen molar-refractivity contribution in [3.8, 4) is 0 Å². The molecule has 0 aliphatic carbocycles. The second kappa shape index (κ2) is 7.00. The average molecular weight is 238 g/mol. The summed E-state index contributed by atoms with van der Waals surface area (Å²) < 4.78 is 0. The van der Waals surface area contributed by atoms with Gasteiger partial charge in [0.1, 0.15) is 0 Å². The zero-order valence-corrected chi connectivity index (χ0v) is 10.9. The van der Waals surface area contributed by atoms with Gasteiger partial charge in [0.15, 0.2) is 0 Å². The summed E-state index contributed by atoms with van der Waals surface area (Å²) in [6.45, 7) is 4.29. The minimum absolute atomic E-state index is 0.400. The van der Waals surface area contributed by atoms with Gasteiger partial charge in [0.2, 0.25) is 5.91 Å². The molecule has 98 valence electrons. The van der Waals surface area contributed by atoms with Crippen molar-refractivity contribution < 1.29 is 4.79 Å². The summed E-state index contributed by atoms with van der Waals surface area (Å²) in [7, 11) is 0. The number of likely N-dealkylation sites (tertiary alicyclic amines) is 1. The number of nitrogens with one attached hydrogen (secondary N) is 1. The van der Waals surface area contributed by atoms with Gasteiger partial charge >= 0.3 is 0 Å². The number of carbonyl (C=O) groups is 1. The minimum atomic E-state index is 0.400. The molecule has 2 heterocycles. The molecule has 0 radical (unpaired) electrons. The predicted molar refractivity (Wildman–Crippen MR) is 69.9 cm³/mol. The third-order valence-electron chi connectivity index (χ3n) is 4.12. The smallest absolute Gasteiger partial charge is 0.222 e. The summed E-state index contributed by atoms with van der Waals surface area (Å²) in [4.78, 5) is 14.2. The van der Waals surface area contributed by atoms with Crippen LogP contribution in [0.25, 0.3) is 0 Å². The lowest BCUT2D eigenvalue weighted by Crippen LogP contribution is -2.34. The molecular formula is C14H26N2O. The molecular weight excluding hydrogens is 212 g/mol. The van der Waals surface area contributed by atoms with Gasteiger partial charge in [-0.05, 0) is 51.1 Å². The van der Waals surface area contributed by atoms with Gasteiger partial charge in [-0.25, -0.2) is 0 Å². The Labute approximate surface area is 105 Å². The van der Waals surface area contributed by atoms with E-state index >= 15 is 0 Å². The SMILES string of the molecule is O=C(CC[C@H]1CCCNC1)N1CCCCCC1. The molecule has 2 aliphatic rings. The van der Waals surface area contributed by atoms with Crippen LogP contribution in [0, 0.1) is 5.92 Å². The van der Waals surface area contributed by atoms with Crippen LogP contribution in [0.3, 0.4) is 0 Å². The monoisotopic (exact) mass is 238 g/mol. The highest BCUT2D eigenvalue weighted by Gasteiger charge is 2.18. The molecule has 0 bridgehead atoms. The number of hydrogen-bond acceptors (Lipinski definition) is 2. The molecule has 1 amide bonds. The molecule has 1 N–H and O–H groups in total. The van der Waals surface area contributed by atoms with Crippen LogP contribution in [0.15, 0.2) is 0 Å². The third-order valence-corrected chi connectivity index (χ3v) is 4.12. The fourth-order valence-corrected chi connectivity index (χ4v) is 2.98. The van der Waals surface area contributed by atoms with Crippen molar-refractivity contribution in [3.05, 3.63) is 0 Å². The van der Waals surface area contributed by atoms with Crippen molar-refractivity contribution in [2.24, 2.45) is 5.92 Å². The first-order chi connectivity index (χ1) is 8.36. The largest absolute Gasteiger partial charge is 0.343 e. The van der Waals surface area contributed by atoms with Crippen molar-refractivity contribution in [2.45, 2.75) is 51.4 Å². The van der Waals surface area contributed by atoms with Crippen molar-refractivity contribution >= 4 is 5.91 Å². The molecule has 3 heteroatoms. The predicted octanol–water partition coefficient (Wildman–Crippen LogP) is 2.17. The van der Waals surface area contributed by atoms with Crippen molar-refractivity contribution in [3.63, 3.8) is 0 Å². The Balaban J connectivity index is 1.68.